The van der Waals surface area contributed by atoms with Crippen LogP contribution in [0.4, 0.5) is 19.0 Å². The smallest absolute Gasteiger partial charge is 0.462 e. The number of alkyl halides is 3. The number of amides is 1. The van der Waals surface area contributed by atoms with Crippen molar-refractivity contribution in [1.29, 1.82) is 0 Å². The molecule has 0 aromatic carbocycles. The minimum atomic E-state index is -5.88. The average Bonchev–Trinajstić information content (AvgIpc) is 3.24. The summed E-state index contributed by atoms with van der Waals surface area (Å²) in [6, 6.07) is 1.78. The summed E-state index contributed by atoms with van der Waals surface area (Å²) in [6.07, 6.45) is 5.65. The standard InChI is InChI=1S/C23H29F3N4O6S/c1-5-35-22(32)18-13-29(17-10-11-19(27-12-17)36-37(33,34)23(24,25)26)28-20(18)30(14(2)3)21(31)16-8-6-15(4)7-9-16/h10-16H,5-9H2,1-4H3. The number of halogens is 3. The lowest BCUT2D eigenvalue weighted by Gasteiger charge is -2.32. The maximum absolute atomic E-state index is 13.5. The van der Waals surface area contributed by atoms with E-state index in [0.717, 1.165) is 37.9 Å². The highest BCUT2D eigenvalue weighted by molar-refractivity contribution is 7.87. The Kier molecular flexibility index (Phi) is 8.50. The minimum absolute atomic E-state index is 0.0213. The third-order valence-electron chi connectivity index (χ3n) is 6.00. The van der Waals surface area contributed by atoms with Gasteiger partial charge in [0, 0.05) is 24.2 Å². The molecule has 2 aromatic rings. The zero-order chi connectivity index (χ0) is 27.5. The van der Waals surface area contributed by atoms with Gasteiger partial charge in [0.25, 0.3) is 0 Å². The molecule has 0 spiro atoms. The molecule has 1 fully saturated rings. The molecule has 0 aliphatic heterocycles. The Morgan fingerprint density at radius 2 is 1.84 bits per heavy atom. The summed E-state index contributed by atoms with van der Waals surface area (Å²) in [6.45, 7) is 7.46. The molecule has 10 nitrogen and oxygen atoms in total. The second-order valence-electron chi connectivity index (χ2n) is 9.13. The van der Waals surface area contributed by atoms with Gasteiger partial charge in [-0.3, -0.25) is 9.69 Å². The van der Waals surface area contributed by atoms with Crippen molar-refractivity contribution in [3.63, 3.8) is 0 Å². The molecule has 0 radical (unpaired) electrons. The van der Waals surface area contributed by atoms with Gasteiger partial charge in [-0.15, -0.1) is 5.10 Å². The number of hydrogen-bond donors (Lipinski definition) is 0. The number of hydrogen-bond acceptors (Lipinski definition) is 8. The molecule has 1 aliphatic carbocycles. The molecular formula is C23H29F3N4O6S. The molecular weight excluding hydrogens is 517 g/mol. The van der Waals surface area contributed by atoms with Crippen molar-refractivity contribution in [2.45, 2.75) is 64.9 Å². The zero-order valence-corrected chi connectivity index (χ0v) is 21.7. The second-order valence-corrected chi connectivity index (χ2v) is 10.7. The first-order valence-corrected chi connectivity index (χ1v) is 13.2. The van der Waals surface area contributed by atoms with E-state index in [4.69, 9.17) is 4.74 Å². The summed E-state index contributed by atoms with van der Waals surface area (Å²) in [4.78, 5) is 31.4. The molecule has 3 rings (SSSR count). The lowest BCUT2D eigenvalue weighted by atomic mass is 9.82. The highest BCUT2D eigenvalue weighted by Gasteiger charge is 2.48. The molecule has 2 heterocycles. The van der Waals surface area contributed by atoms with E-state index in [1.54, 1.807) is 20.8 Å². The van der Waals surface area contributed by atoms with Crippen LogP contribution in [-0.2, 0) is 19.6 Å². The summed E-state index contributed by atoms with van der Waals surface area (Å²) in [7, 11) is -5.88. The number of nitrogens with zero attached hydrogens (tertiary/aromatic N) is 4. The third-order valence-corrected chi connectivity index (χ3v) is 6.96. The van der Waals surface area contributed by atoms with E-state index in [-0.39, 0.29) is 41.5 Å². The summed E-state index contributed by atoms with van der Waals surface area (Å²) in [5, 5.41) is 4.42. The Bertz CT molecular complexity index is 1220. The Hall–Kier alpha value is -3.16. The lowest BCUT2D eigenvalue weighted by Crippen LogP contribution is -2.43. The van der Waals surface area contributed by atoms with Crippen LogP contribution in [0.2, 0.25) is 0 Å². The van der Waals surface area contributed by atoms with Gasteiger partial charge in [0.15, 0.2) is 5.82 Å². The summed E-state index contributed by atoms with van der Waals surface area (Å²) in [5.74, 6) is -1.26. The van der Waals surface area contributed by atoms with Crippen LogP contribution < -0.4 is 9.08 Å². The predicted octanol–water partition coefficient (Wildman–Crippen LogP) is 4.24. The number of pyridine rings is 1. The van der Waals surface area contributed by atoms with Gasteiger partial charge in [0.1, 0.15) is 5.56 Å². The van der Waals surface area contributed by atoms with Crippen LogP contribution in [0.15, 0.2) is 24.5 Å². The molecule has 37 heavy (non-hydrogen) atoms. The maximum Gasteiger partial charge on any atom is 0.534 e. The first kappa shape index (κ1) is 28.4. The van der Waals surface area contributed by atoms with Crippen LogP contribution in [0.5, 0.6) is 5.88 Å². The highest BCUT2D eigenvalue weighted by Crippen LogP contribution is 2.33. The van der Waals surface area contributed by atoms with Crippen molar-refractivity contribution in [2.75, 3.05) is 11.5 Å². The molecule has 14 heteroatoms. The first-order chi connectivity index (χ1) is 17.2. The molecule has 0 N–H and O–H groups in total. The molecule has 0 atom stereocenters. The van der Waals surface area contributed by atoms with Crippen LogP contribution in [0.25, 0.3) is 5.69 Å². The fourth-order valence-corrected chi connectivity index (χ4v) is 4.47. The van der Waals surface area contributed by atoms with E-state index in [1.807, 2.05) is 0 Å². The number of aromatic nitrogens is 3. The van der Waals surface area contributed by atoms with Gasteiger partial charge >= 0.3 is 21.6 Å². The molecule has 204 valence electrons. The van der Waals surface area contributed by atoms with Crippen molar-refractivity contribution in [3.05, 3.63) is 30.1 Å². The largest absolute Gasteiger partial charge is 0.534 e. The SMILES string of the molecule is CCOC(=O)c1cn(-c2ccc(OS(=O)(=O)C(F)(F)F)nc2)nc1N(C(=O)C1CCC(C)CC1)C(C)C. The number of esters is 1. The third kappa shape index (κ3) is 6.40. The number of carbonyl (C=O) groups excluding carboxylic acids is 2. The van der Waals surface area contributed by atoms with Crippen LogP contribution >= 0.6 is 0 Å². The van der Waals surface area contributed by atoms with E-state index in [9.17, 15) is 31.2 Å². The number of ether oxygens (including phenoxy) is 1. The molecule has 1 aliphatic rings. The van der Waals surface area contributed by atoms with E-state index >= 15 is 0 Å². The van der Waals surface area contributed by atoms with Gasteiger partial charge in [-0.1, -0.05) is 6.92 Å². The fourth-order valence-electron chi connectivity index (χ4n) is 4.05. The summed E-state index contributed by atoms with van der Waals surface area (Å²) in [5.41, 5.74) is -5.41. The molecule has 1 saturated carbocycles. The van der Waals surface area contributed by atoms with Crippen molar-refractivity contribution in [3.8, 4) is 11.6 Å². The van der Waals surface area contributed by atoms with Crippen LogP contribution in [0, 0.1) is 11.8 Å². The van der Waals surface area contributed by atoms with E-state index in [2.05, 4.69) is 21.2 Å². The quantitative estimate of drug-likeness (QED) is 0.274. The monoisotopic (exact) mass is 546 g/mol. The Morgan fingerprint density at radius 1 is 1.19 bits per heavy atom. The summed E-state index contributed by atoms with van der Waals surface area (Å²) >= 11 is 0. The minimum Gasteiger partial charge on any atom is -0.462 e. The summed E-state index contributed by atoms with van der Waals surface area (Å²) < 4.78 is 70.5. The van der Waals surface area contributed by atoms with Crippen molar-refractivity contribution in [1.82, 2.24) is 14.8 Å². The first-order valence-electron chi connectivity index (χ1n) is 11.8. The van der Waals surface area contributed by atoms with Crippen LogP contribution in [0.1, 0.15) is 63.7 Å². The number of anilines is 1. The molecule has 0 bridgehead atoms. The molecule has 1 amide bonds. The highest BCUT2D eigenvalue weighted by atomic mass is 32.2. The van der Waals surface area contributed by atoms with E-state index in [1.165, 1.54) is 21.8 Å². The average molecular weight is 547 g/mol. The second kappa shape index (κ2) is 11.1. The van der Waals surface area contributed by atoms with Gasteiger partial charge in [-0.05, 0) is 58.4 Å². The van der Waals surface area contributed by atoms with E-state index < -0.39 is 27.5 Å². The van der Waals surface area contributed by atoms with Gasteiger partial charge in [-0.2, -0.15) is 21.6 Å². The Balaban J connectivity index is 1.97. The zero-order valence-electron chi connectivity index (χ0n) is 20.9. The number of rotatable bonds is 8. The van der Waals surface area contributed by atoms with E-state index in [0.29, 0.717) is 5.92 Å². The lowest BCUT2D eigenvalue weighted by molar-refractivity contribution is -0.124. The van der Waals surface area contributed by atoms with Crippen molar-refractivity contribution < 1.29 is 40.1 Å². The van der Waals surface area contributed by atoms with Crippen LogP contribution in [0.3, 0.4) is 0 Å². The van der Waals surface area contributed by atoms with Gasteiger partial charge in [0.05, 0.1) is 18.5 Å². The van der Waals surface area contributed by atoms with Gasteiger partial charge < -0.3 is 8.92 Å². The fraction of sp³-hybridized carbons (Fsp3) is 0.565. The predicted molar refractivity (Wildman–Crippen MR) is 127 cm³/mol. The Labute approximate surface area is 212 Å². The molecule has 0 saturated heterocycles. The van der Waals surface area contributed by atoms with Crippen molar-refractivity contribution in [2.24, 2.45) is 11.8 Å². The number of carbonyl (C=O) groups is 2. The molecule has 2 aromatic heterocycles. The normalized spacial score (nSPS) is 18.5. The topological polar surface area (TPSA) is 121 Å². The van der Waals surface area contributed by atoms with Gasteiger partial charge in [0.2, 0.25) is 11.8 Å². The van der Waals surface area contributed by atoms with Crippen LogP contribution in [-0.4, -0.2) is 53.2 Å². The maximum atomic E-state index is 13.5. The van der Waals surface area contributed by atoms with Gasteiger partial charge in [-0.25, -0.2) is 14.5 Å². The Morgan fingerprint density at radius 3 is 2.35 bits per heavy atom. The van der Waals surface area contributed by atoms with Crippen molar-refractivity contribution >= 4 is 27.8 Å². The molecule has 0 unspecified atom stereocenters.